The first kappa shape index (κ1) is 13.3. The van der Waals surface area contributed by atoms with Crippen LogP contribution in [0.5, 0.6) is 0 Å². The second-order valence-corrected chi connectivity index (χ2v) is 6.87. The van der Waals surface area contributed by atoms with Gasteiger partial charge in [0, 0.05) is 19.6 Å². The minimum atomic E-state index is -0.235. The average Bonchev–Trinajstić information content (AvgIpc) is 2.82. The standard InChI is InChI=1S/C18H24N2O/c21-17(20-10-4-1-5-11-20)18-8-12-19(13-9-18)14-15-6-2-3-7-16(15)18/h2-3,6-7H,1,4-5,8-14H2. The van der Waals surface area contributed by atoms with Crippen molar-refractivity contribution in [1.82, 2.24) is 9.80 Å². The lowest BCUT2D eigenvalue weighted by molar-refractivity contribution is -0.140. The number of carbonyl (C=O) groups excluding carboxylic acids is 1. The number of likely N-dealkylation sites (tertiary alicyclic amines) is 1. The number of fused-ring (bicyclic) bond motifs is 2. The van der Waals surface area contributed by atoms with Crippen LogP contribution in [0.2, 0.25) is 0 Å². The molecule has 0 radical (unpaired) electrons. The molecule has 2 bridgehead atoms. The molecule has 0 aliphatic carbocycles. The van der Waals surface area contributed by atoms with E-state index < -0.39 is 0 Å². The van der Waals surface area contributed by atoms with Gasteiger partial charge in [0.15, 0.2) is 0 Å². The Labute approximate surface area is 126 Å². The third kappa shape index (κ3) is 2.10. The van der Waals surface area contributed by atoms with Crippen molar-refractivity contribution in [2.24, 2.45) is 0 Å². The fourth-order valence-corrected chi connectivity index (χ4v) is 4.46. The van der Waals surface area contributed by atoms with E-state index in [9.17, 15) is 4.79 Å². The molecule has 0 saturated carbocycles. The molecule has 0 N–H and O–H groups in total. The molecule has 112 valence electrons. The minimum absolute atomic E-state index is 0.235. The van der Waals surface area contributed by atoms with Gasteiger partial charge in [0.25, 0.3) is 0 Å². The van der Waals surface area contributed by atoms with Gasteiger partial charge in [-0.3, -0.25) is 9.69 Å². The van der Waals surface area contributed by atoms with Crippen molar-refractivity contribution in [2.45, 2.75) is 44.1 Å². The Kier molecular flexibility index (Phi) is 3.26. The Balaban J connectivity index is 1.75. The van der Waals surface area contributed by atoms with E-state index >= 15 is 0 Å². The van der Waals surface area contributed by atoms with E-state index in [-0.39, 0.29) is 5.41 Å². The third-order valence-electron chi connectivity index (χ3n) is 5.69. The van der Waals surface area contributed by atoms with Gasteiger partial charge in [0.2, 0.25) is 5.91 Å². The van der Waals surface area contributed by atoms with Crippen molar-refractivity contribution in [2.75, 3.05) is 26.2 Å². The first-order chi connectivity index (χ1) is 10.3. The number of benzene rings is 1. The summed E-state index contributed by atoms with van der Waals surface area (Å²) in [4.78, 5) is 18.0. The van der Waals surface area contributed by atoms with Crippen LogP contribution in [0, 0.1) is 0 Å². The number of hydrogen-bond acceptors (Lipinski definition) is 2. The third-order valence-corrected chi connectivity index (χ3v) is 5.69. The highest BCUT2D eigenvalue weighted by atomic mass is 16.2. The quantitative estimate of drug-likeness (QED) is 0.791. The van der Waals surface area contributed by atoms with Crippen molar-refractivity contribution in [3.05, 3.63) is 35.4 Å². The molecule has 2 saturated heterocycles. The van der Waals surface area contributed by atoms with Crippen LogP contribution in [0.3, 0.4) is 0 Å². The number of hydrogen-bond donors (Lipinski definition) is 0. The van der Waals surface area contributed by atoms with Crippen molar-refractivity contribution in [3.63, 3.8) is 0 Å². The number of nitrogens with zero attached hydrogens (tertiary/aromatic N) is 2. The fourth-order valence-electron chi connectivity index (χ4n) is 4.46. The molecule has 1 aromatic carbocycles. The van der Waals surface area contributed by atoms with Crippen molar-refractivity contribution in [1.29, 1.82) is 0 Å². The van der Waals surface area contributed by atoms with E-state index in [0.29, 0.717) is 5.91 Å². The largest absolute Gasteiger partial charge is 0.342 e. The van der Waals surface area contributed by atoms with E-state index in [0.717, 1.165) is 45.6 Å². The molecule has 3 heteroatoms. The van der Waals surface area contributed by atoms with Crippen LogP contribution >= 0.6 is 0 Å². The first-order valence-corrected chi connectivity index (χ1v) is 8.40. The van der Waals surface area contributed by atoms with Crippen LogP contribution in [0.15, 0.2) is 24.3 Å². The van der Waals surface area contributed by atoms with Gasteiger partial charge in [-0.25, -0.2) is 0 Å². The van der Waals surface area contributed by atoms with Gasteiger partial charge in [-0.2, -0.15) is 0 Å². The molecular formula is C18H24N2O. The molecule has 4 heterocycles. The molecule has 4 aliphatic rings. The molecule has 0 atom stereocenters. The zero-order chi connectivity index (χ0) is 14.3. The normalized spacial score (nSPS) is 31.6. The smallest absolute Gasteiger partial charge is 0.233 e. The monoisotopic (exact) mass is 284 g/mol. The topological polar surface area (TPSA) is 23.6 Å². The summed E-state index contributed by atoms with van der Waals surface area (Å²) in [7, 11) is 0. The van der Waals surface area contributed by atoms with Crippen LogP contribution in [0.1, 0.15) is 43.2 Å². The Morgan fingerprint density at radius 3 is 2.43 bits per heavy atom. The van der Waals surface area contributed by atoms with Gasteiger partial charge in [-0.15, -0.1) is 0 Å². The van der Waals surface area contributed by atoms with Gasteiger partial charge in [0.1, 0.15) is 0 Å². The van der Waals surface area contributed by atoms with Crippen LogP contribution in [-0.4, -0.2) is 41.9 Å². The summed E-state index contributed by atoms with van der Waals surface area (Å²) < 4.78 is 0. The highest BCUT2D eigenvalue weighted by Gasteiger charge is 2.48. The predicted octanol–water partition coefficient (Wildman–Crippen LogP) is 2.55. The van der Waals surface area contributed by atoms with E-state index in [1.165, 1.54) is 30.4 Å². The Bertz CT molecular complexity index is 540. The number of piperidine rings is 2. The molecule has 0 unspecified atom stereocenters. The van der Waals surface area contributed by atoms with Crippen LogP contribution in [0.4, 0.5) is 0 Å². The van der Waals surface area contributed by atoms with Gasteiger partial charge < -0.3 is 4.90 Å². The Hall–Kier alpha value is -1.35. The molecule has 3 nitrogen and oxygen atoms in total. The van der Waals surface area contributed by atoms with Gasteiger partial charge in [-0.05, 0) is 56.3 Å². The summed E-state index contributed by atoms with van der Waals surface area (Å²) in [5.74, 6) is 0.413. The van der Waals surface area contributed by atoms with Crippen LogP contribution in [0.25, 0.3) is 0 Å². The van der Waals surface area contributed by atoms with Crippen molar-refractivity contribution < 1.29 is 4.79 Å². The van der Waals surface area contributed by atoms with Gasteiger partial charge >= 0.3 is 0 Å². The molecule has 0 aromatic heterocycles. The molecule has 2 fully saturated rings. The molecule has 0 spiro atoms. The van der Waals surface area contributed by atoms with E-state index in [1.807, 2.05) is 0 Å². The summed E-state index contributed by atoms with van der Waals surface area (Å²) in [6, 6.07) is 8.66. The number of amides is 1. The molecule has 21 heavy (non-hydrogen) atoms. The minimum Gasteiger partial charge on any atom is -0.342 e. The van der Waals surface area contributed by atoms with Crippen molar-refractivity contribution >= 4 is 5.91 Å². The SMILES string of the molecule is O=C(N1CCCCC1)C12CCN(CC1)Cc1ccccc12. The van der Waals surface area contributed by atoms with Gasteiger partial charge in [0.05, 0.1) is 5.41 Å². The summed E-state index contributed by atoms with van der Waals surface area (Å²) in [6.45, 7) is 5.08. The molecule has 1 amide bonds. The average molecular weight is 284 g/mol. The zero-order valence-corrected chi connectivity index (χ0v) is 12.7. The Morgan fingerprint density at radius 1 is 0.952 bits per heavy atom. The maximum atomic E-state index is 13.4. The lowest BCUT2D eigenvalue weighted by Gasteiger charge is -2.42. The summed E-state index contributed by atoms with van der Waals surface area (Å²) in [6.07, 6.45) is 5.63. The lowest BCUT2D eigenvalue weighted by Crippen LogP contribution is -2.52. The molecular weight excluding hydrogens is 260 g/mol. The van der Waals surface area contributed by atoms with Crippen LogP contribution < -0.4 is 0 Å². The highest BCUT2D eigenvalue weighted by Crippen LogP contribution is 2.43. The highest BCUT2D eigenvalue weighted by molar-refractivity contribution is 5.89. The van der Waals surface area contributed by atoms with Crippen LogP contribution in [-0.2, 0) is 16.8 Å². The van der Waals surface area contributed by atoms with E-state index in [1.54, 1.807) is 0 Å². The summed E-state index contributed by atoms with van der Waals surface area (Å²) in [5, 5.41) is 0. The van der Waals surface area contributed by atoms with E-state index in [4.69, 9.17) is 0 Å². The fraction of sp³-hybridized carbons (Fsp3) is 0.611. The molecule has 5 rings (SSSR count). The second-order valence-electron chi connectivity index (χ2n) is 6.87. The van der Waals surface area contributed by atoms with Crippen molar-refractivity contribution in [3.8, 4) is 0 Å². The second kappa shape index (κ2) is 5.13. The first-order valence-electron chi connectivity index (χ1n) is 8.40. The maximum absolute atomic E-state index is 13.4. The van der Waals surface area contributed by atoms with E-state index in [2.05, 4.69) is 34.1 Å². The predicted molar refractivity (Wildman–Crippen MR) is 83.1 cm³/mol. The summed E-state index contributed by atoms with van der Waals surface area (Å²) in [5.41, 5.74) is 2.46. The molecule has 4 aliphatic heterocycles. The summed E-state index contributed by atoms with van der Waals surface area (Å²) >= 11 is 0. The van der Waals surface area contributed by atoms with Gasteiger partial charge in [-0.1, -0.05) is 24.3 Å². The number of rotatable bonds is 1. The Morgan fingerprint density at radius 2 is 1.67 bits per heavy atom. The lowest BCUT2D eigenvalue weighted by atomic mass is 9.71. The number of carbonyl (C=O) groups is 1. The zero-order valence-electron chi connectivity index (χ0n) is 12.7. The maximum Gasteiger partial charge on any atom is 0.233 e. The molecule has 1 aromatic rings.